The SMILES string of the molecule is CC(=O)c1ccc(-c2nc(C3CCOCC3)no2)cc1. The van der Waals surface area contributed by atoms with Crippen LogP contribution < -0.4 is 0 Å². The van der Waals surface area contributed by atoms with Crippen LogP contribution in [0.15, 0.2) is 28.8 Å². The molecule has 2 heterocycles. The molecule has 0 radical (unpaired) electrons. The summed E-state index contributed by atoms with van der Waals surface area (Å²) in [6.45, 7) is 3.05. The van der Waals surface area contributed by atoms with Crippen LogP contribution in [0.5, 0.6) is 0 Å². The number of hydrogen-bond donors (Lipinski definition) is 0. The van der Waals surface area contributed by atoms with Crippen molar-refractivity contribution in [1.29, 1.82) is 0 Å². The molecule has 1 aliphatic rings. The fraction of sp³-hybridized carbons (Fsp3) is 0.400. The van der Waals surface area contributed by atoms with Gasteiger partial charge in [-0.15, -0.1) is 0 Å². The molecule has 5 heteroatoms. The topological polar surface area (TPSA) is 65.2 Å². The minimum atomic E-state index is 0.0463. The van der Waals surface area contributed by atoms with Crippen LogP contribution in [0, 0.1) is 0 Å². The van der Waals surface area contributed by atoms with Crippen molar-refractivity contribution in [1.82, 2.24) is 10.1 Å². The highest BCUT2D eigenvalue weighted by Crippen LogP contribution is 2.27. The zero-order chi connectivity index (χ0) is 13.9. The van der Waals surface area contributed by atoms with Crippen LogP contribution in [0.1, 0.15) is 41.9 Å². The second-order valence-electron chi connectivity index (χ2n) is 4.98. The van der Waals surface area contributed by atoms with Crippen LogP contribution in [0.3, 0.4) is 0 Å². The molecule has 5 nitrogen and oxygen atoms in total. The molecule has 1 aromatic heterocycles. The van der Waals surface area contributed by atoms with Gasteiger partial charge in [0.2, 0.25) is 0 Å². The fourth-order valence-corrected chi connectivity index (χ4v) is 2.32. The highest BCUT2D eigenvalue weighted by molar-refractivity contribution is 5.94. The molecule has 0 saturated carbocycles. The van der Waals surface area contributed by atoms with Gasteiger partial charge in [0.1, 0.15) is 0 Å². The molecule has 0 N–H and O–H groups in total. The molecular weight excluding hydrogens is 256 g/mol. The summed E-state index contributed by atoms with van der Waals surface area (Å²) in [4.78, 5) is 15.7. The Morgan fingerprint density at radius 2 is 1.90 bits per heavy atom. The van der Waals surface area contributed by atoms with Gasteiger partial charge in [-0.1, -0.05) is 17.3 Å². The first-order valence-electron chi connectivity index (χ1n) is 6.77. The maximum absolute atomic E-state index is 11.2. The van der Waals surface area contributed by atoms with E-state index in [4.69, 9.17) is 9.26 Å². The van der Waals surface area contributed by atoms with E-state index in [1.165, 1.54) is 0 Å². The summed E-state index contributed by atoms with van der Waals surface area (Å²) in [5.74, 6) is 1.61. The van der Waals surface area contributed by atoms with Crippen LogP contribution in [-0.4, -0.2) is 29.1 Å². The molecule has 0 spiro atoms. The number of Topliss-reactive ketones (excluding diaryl/α,β-unsaturated/α-hetero) is 1. The summed E-state index contributed by atoms with van der Waals surface area (Å²) in [6.07, 6.45) is 1.87. The zero-order valence-electron chi connectivity index (χ0n) is 11.3. The summed E-state index contributed by atoms with van der Waals surface area (Å²) in [6, 6.07) is 7.21. The maximum atomic E-state index is 11.2. The number of ketones is 1. The number of rotatable bonds is 3. The molecular formula is C15H16N2O3. The lowest BCUT2D eigenvalue weighted by Gasteiger charge is -2.18. The Morgan fingerprint density at radius 3 is 2.55 bits per heavy atom. The van der Waals surface area contributed by atoms with E-state index in [0.717, 1.165) is 37.4 Å². The van der Waals surface area contributed by atoms with Gasteiger partial charge in [-0.2, -0.15) is 4.98 Å². The first kappa shape index (κ1) is 13.0. The molecule has 0 amide bonds. The van der Waals surface area contributed by atoms with Crippen LogP contribution >= 0.6 is 0 Å². The first-order chi connectivity index (χ1) is 9.74. The van der Waals surface area contributed by atoms with Gasteiger partial charge < -0.3 is 9.26 Å². The lowest BCUT2D eigenvalue weighted by molar-refractivity contribution is 0.0830. The van der Waals surface area contributed by atoms with Crippen LogP contribution in [-0.2, 0) is 4.74 Å². The standard InChI is InChI=1S/C15H16N2O3/c1-10(18)11-2-4-13(5-3-11)15-16-14(17-20-15)12-6-8-19-9-7-12/h2-5,12H,6-9H2,1H3. The van der Waals surface area contributed by atoms with E-state index in [0.29, 0.717) is 17.4 Å². The molecule has 0 unspecified atom stereocenters. The number of ether oxygens (including phenoxy) is 1. The predicted octanol–water partition coefficient (Wildman–Crippen LogP) is 2.83. The van der Waals surface area contributed by atoms with E-state index >= 15 is 0 Å². The lowest BCUT2D eigenvalue weighted by atomic mass is 10.00. The normalized spacial score (nSPS) is 16.2. The van der Waals surface area contributed by atoms with Crippen molar-refractivity contribution in [3.05, 3.63) is 35.7 Å². The van der Waals surface area contributed by atoms with E-state index in [1.54, 1.807) is 19.1 Å². The molecule has 20 heavy (non-hydrogen) atoms. The van der Waals surface area contributed by atoms with E-state index in [1.807, 2.05) is 12.1 Å². The second kappa shape index (κ2) is 5.54. The minimum Gasteiger partial charge on any atom is -0.381 e. The lowest BCUT2D eigenvalue weighted by Crippen LogP contribution is -2.15. The van der Waals surface area contributed by atoms with Crippen LogP contribution in [0.25, 0.3) is 11.5 Å². The zero-order valence-corrected chi connectivity index (χ0v) is 11.3. The Morgan fingerprint density at radius 1 is 1.20 bits per heavy atom. The van der Waals surface area contributed by atoms with E-state index < -0.39 is 0 Å². The van der Waals surface area contributed by atoms with Gasteiger partial charge >= 0.3 is 0 Å². The van der Waals surface area contributed by atoms with Gasteiger partial charge in [-0.25, -0.2) is 0 Å². The quantitative estimate of drug-likeness (QED) is 0.804. The smallest absolute Gasteiger partial charge is 0.257 e. The van der Waals surface area contributed by atoms with Crippen molar-refractivity contribution in [2.24, 2.45) is 0 Å². The highest BCUT2D eigenvalue weighted by atomic mass is 16.5. The maximum Gasteiger partial charge on any atom is 0.257 e. The van der Waals surface area contributed by atoms with Gasteiger partial charge in [-0.05, 0) is 31.9 Å². The molecule has 1 fully saturated rings. The summed E-state index contributed by atoms with van der Waals surface area (Å²) in [5.41, 5.74) is 1.51. The van der Waals surface area contributed by atoms with Crippen molar-refractivity contribution in [3.8, 4) is 11.5 Å². The average Bonchev–Trinajstić information content (AvgIpc) is 2.98. The molecule has 104 valence electrons. The number of hydrogen-bond acceptors (Lipinski definition) is 5. The van der Waals surface area contributed by atoms with Crippen LogP contribution in [0.2, 0.25) is 0 Å². The van der Waals surface area contributed by atoms with E-state index in [9.17, 15) is 4.79 Å². The molecule has 0 atom stereocenters. The molecule has 1 aromatic carbocycles. The molecule has 1 saturated heterocycles. The third-order valence-electron chi connectivity index (χ3n) is 3.57. The summed E-state index contributed by atoms with van der Waals surface area (Å²) in [7, 11) is 0. The van der Waals surface area contributed by atoms with Crippen LogP contribution in [0.4, 0.5) is 0 Å². The Kier molecular flexibility index (Phi) is 3.60. The molecule has 1 aliphatic heterocycles. The monoisotopic (exact) mass is 272 g/mol. The van der Waals surface area contributed by atoms with Crippen molar-refractivity contribution >= 4 is 5.78 Å². The van der Waals surface area contributed by atoms with Gasteiger partial charge in [0.15, 0.2) is 11.6 Å². The Labute approximate surface area is 116 Å². The van der Waals surface area contributed by atoms with Crippen molar-refractivity contribution < 1.29 is 14.1 Å². The largest absolute Gasteiger partial charge is 0.381 e. The molecule has 3 rings (SSSR count). The average molecular weight is 272 g/mol. The number of benzene rings is 1. The Balaban J connectivity index is 1.80. The molecule has 2 aromatic rings. The van der Waals surface area contributed by atoms with E-state index in [-0.39, 0.29) is 5.78 Å². The van der Waals surface area contributed by atoms with Gasteiger partial charge in [0.05, 0.1) is 0 Å². The summed E-state index contributed by atoms with van der Waals surface area (Å²) >= 11 is 0. The summed E-state index contributed by atoms with van der Waals surface area (Å²) < 4.78 is 10.6. The van der Waals surface area contributed by atoms with Crippen molar-refractivity contribution in [2.45, 2.75) is 25.7 Å². The van der Waals surface area contributed by atoms with Gasteiger partial charge in [0, 0.05) is 30.3 Å². The van der Waals surface area contributed by atoms with Crippen molar-refractivity contribution in [3.63, 3.8) is 0 Å². The highest BCUT2D eigenvalue weighted by Gasteiger charge is 2.21. The molecule has 0 bridgehead atoms. The Hall–Kier alpha value is -2.01. The number of nitrogens with zero attached hydrogens (tertiary/aromatic N) is 2. The van der Waals surface area contributed by atoms with E-state index in [2.05, 4.69) is 10.1 Å². The van der Waals surface area contributed by atoms with Gasteiger partial charge in [0.25, 0.3) is 5.89 Å². The Bertz CT molecular complexity index is 598. The summed E-state index contributed by atoms with van der Waals surface area (Å²) in [5, 5.41) is 4.07. The number of aromatic nitrogens is 2. The number of carbonyl (C=O) groups is 1. The minimum absolute atomic E-state index is 0.0463. The third kappa shape index (κ3) is 2.63. The third-order valence-corrected chi connectivity index (χ3v) is 3.57. The second-order valence-corrected chi connectivity index (χ2v) is 4.98. The van der Waals surface area contributed by atoms with Gasteiger partial charge in [-0.3, -0.25) is 4.79 Å². The molecule has 0 aliphatic carbocycles. The predicted molar refractivity (Wildman–Crippen MR) is 72.5 cm³/mol. The first-order valence-corrected chi connectivity index (χ1v) is 6.77. The number of carbonyl (C=O) groups excluding carboxylic acids is 1. The van der Waals surface area contributed by atoms with Crippen molar-refractivity contribution in [2.75, 3.05) is 13.2 Å². The fourth-order valence-electron chi connectivity index (χ4n) is 2.32.